The van der Waals surface area contributed by atoms with Crippen LogP contribution in [0, 0.1) is 19.7 Å². The number of hydrogen-bond donors (Lipinski definition) is 1. The minimum absolute atomic E-state index is 0.165. The van der Waals surface area contributed by atoms with E-state index >= 15 is 0 Å². The lowest BCUT2D eigenvalue weighted by molar-refractivity contribution is 0.609. The van der Waals surface area contributed by atoms with Crippen LogP contribution in [0.2, 0.25) is 0 Å². The van der Waals surface area contributed by atoms with E-state index < -0.39 is 0 Å². The maximum Gasteiger partial charge on any atom is 0.126 e. The van der Waals surface area contributed by atoms with Crippen LogP contribution in [-0.2, 0) is 6.42 Å². The zero-order valence-electron chi connectivity index (χ0n) is 10.8. The lowest BCUT2D eigenvalue weighted by Crippen LogP contribution is -2.13. The second-order valence-corrected chi connectivity index (χ2v) is 4.81. The predicted octanol–water partition coefficient (Wildman–Crippen LogP) is 3.69. The molecule has 0 saturated heterocycles. The van der Waals surface area contributed by atoms with Crippen molar-refractivity contribution in [1.29, 1.82) is 0 Å². The van der Waals surface area contributed by atoms with Gasteiger partial charge < -0.3 is 5.73 Å². The van der Waals surface area contributed by atoms with Crippen LogP contribution in [0.25, 0.3) is 0 Å². The van der Waals surface area contributed by atoms with E-state index in [-0.39, 0.29) is 11.9 Å². The van der Waals surface area contributed by atoms with E-state index in [2.05, 4.69) is 25.1 Å². The van der Waals surface area contributed by atoms with Crippen molar-refractivity contribution in [2.24, 2.45) is 5.73 Å². The summed E-state index contributed by atoms with van der Waals surface area (Å²) in [5, 5.41) is 0. The van der Waals surface area contributed by atoms with Gasteiger partial charge in [0.15, 0.2) is 0 Å². The van der Waals surface area contributed by atoms with Gasteiger partial charge in [-0.1, -0.05) is 42.0 Å². The molecule has 0 aliphatic heterocycles. The molecule has 0 aliphatic carbocycles. The standard InChI is InChI=1S/C16H18FN/c1-11-4-3-5-13(8-11)9-16(18)14-7-6-12(2)15(17)10-14/h3-8,10,16H,9,18H2,1-2H3. The summed E-state index contributed by atoms with van der Waals surface area (Å²) >= 11 is 0. The van der Waals surface area contributed by atoms with Crippen LogP contribution in [0.4, 0.5) is 4.39 Å². The molecule has 0 amide bonds. The highest BCUT2D eigenvalue weighted by atomic mass is 19.1. The van der Waals surface area contributed by atoms with Crippen LogP contribution < -0.4 is 5.73 Å². The molecule has 2 heteroatoms. The molecule has 0 radical (unpaired) electrons. The van der Waals surface area contributed by atoms with E-state index in [1.165, 1.54) is 17.2 Å². The van der Waals surface area contributed by atoms with Gasteiger partial charge in [-0.15, -0.1) is 0 Å². The summed E-state index contributed by atoms with van der Waals surface area (Å²) in [4.78, 5) is 0. The minimum Gasteiger partial charge on any atom is -0.324 e. The SMILES string of the molecule is Cc1cccc(CC(N)c2ccc(C)c(F)c2)c1. The smallest absolute Gasteiger partial charge is 0.126 e. The average Bonchev–Trinajstić information content (AvgIpc) is 2.32. The third kappa shape index (κ3) is 2.96. The fraction of sp³-hybridized carbons (Fsp3) is 0.250. The fourth-order valence-corrected chi connectivity index (χ4v) is 2.05. The van der Waals surface area contributed by atoms with Gasteiger partial charge in [-0.2, -0.15) is 0 Å². The van der Waals surface area contributed by atoms with Gasteiger partial charge in [0, 0.05) is 6.04 Å². The van der Waals surface area contributed by atoms with Gasteiger partial charge in [0.25, 0.3) is 0 Å². The molecule has 0 bridgehead atoms. The van der Waals surface area contributed by atoms with E-state index in [4.69, 9.17) is 5.73 Å². The topological polar surface area (TPSA) is 26.0 Å². The van der Waals surface area contributed by atoms with Gasteiger partial charge in [0.1, 0.15) is 5.82 Å². The van der Waals surface area contributed by atoms with Crippen molar-refractivity contribution in [3.8, 4) is 0 Å². The third-order valence-electron chi connectivity index (χ3n) is 3.16. The Morgan fingerprint density at radius 1 is 1.11 bits per heavy atom. The Hall–Kier alpha value is -1.67. The monoisotopic (exact) mass is 243 g/mol. The molecule has 2 aromatic carbocycles. The summed E-state index contributed by atoms with van der Waals surface area (Å²) in [5.41, 5.74) is 10.0. The molecule has 1 atom stereocenters. The summed E-state index contributed by atoms with van der Waals surface area (Å²) in [5.74, 6) is -0.188. The van der Waals surface area contributed by atoms with Crippen molar-refractivity contribution in [2.45, 2.75) is 26.3 Å². The van der Waals surface area contributed by atoms with Crippen molar-refractivity contribution < 1.29 is 4.39 Å². The van der Waals surface area contributed by atoms with E-state index in [9.17, 15) is 4.39 Å². The van der Waals surface area contributed by atoms with Crippen LogP contribution in [0.3, 0.4) is 0 Å². The Morgan fingerprint density at radius 3 is 2.56 bits per heavy atom. The molecule has 2 aromatic rings. The van der Waals surface area contributed by atoms with E-state index in [1.54, 1.807) is 13.0 Å². The summed E-state index contributed by atoms with van der Waals surface area (Å²) < 4.78 is 13.5. The van der Waals surface area contributed by atoms with Crippen LogP contribution in [0.15, 0.2) is 42.5 Å². The highest BCUT2D eigenvalue weighted by Gasteiger charge is 2.09. The van der Waals surface area contributed by atoms with Crippen molar-refractivity contribution in [2.75, 3.05) is 0 Å². The van der Waals surface area contributed by atoms with Crippen LogP contribution in [0.1, 0.15) is 28.3 Å². The van der Waals surface area contributed by atoms with Gasteiger partial charge >= 0.3 is 0 Å². The number of hydrogen-bond acceptors (Lipinski definition) is 1. The van der Waals surface area contributed by atoms with Crippen molar-refractivity contribution in [1.82, 2.24) is 0 Å². The van der Waals surface area contributed by atoms with Crippen molar-refractivity contribution >= 4 is 0 Å². The molecule has 2 N–H and O–H groups in total. The predicted molar refractivity (Wildman–Crippen MR) is 72.9 cm³/mol. The van der Waals surface area contributed by atoms with Gasteiger partial charge in [-0.05, 0) is 43.0 Å². The normalized spacial score (nSPS) is 12.4. The van der Waals surface area contributed by atoms with Crippen LogP contribution in [0.5, 0.6) is 0 Å². The quantitative estimate of drug-likeness (QED) is 0.874. The maximum atomic E-state index is 13.5. The summed E-state index contributed by atoms with van der Waals surface area (Å²) in [7, 11) is 0. The highest BCUT2D eigenvalue weighted by molar-refractivity contribution is 5.29. The highest BCUT2D eigenvalue weighted by Crippen LogP contribution is 2.19. The van der Waals surface area contributed by atoms with E-state index in [0.717, 1.165) is 12.0 Å². The zero-order valence-corrected chi connectivity index (χ0v) is 10.8. The molecule has 0 saturated carbocycles. The Morgan fingerprint density at radius 2 is 1.89 bits per heavy atom. The fourth-order valence-electron chi connectivity index (χ4n) is 2.05. The molecule has 0 heterocycles. The lowest BCUT2D eigenvalue weighted by Gasteiger charge is -2.13. The number of rotatable bonds is 3. The van der Waals surface area contributed by atoms with E-state index in [0.29, 0.717) is 5.56 Å². The number of aryl methyl sites for hydroxylation is 2. The molecule has 94 valence electrons. The molecule has 0 aliphatic rings. The average molecular weight is 243 g/mol. The molecule has 0 spiro atoms. The lowest BCUT2D eigenvalue weighted by atomic mass is 9.98. The maximum absolute atomic E-state index is 13.5. The third-order valence-corrected chi connectivity index (χ3v) is 3.16. The van der Waals surface area contributed by atoms with Crippen molar-refractivity contribution in [3.05, 3.63) is 70.5 Å². The Kier molecular flexibility index (Phi) is 3.78. The number of nitrogens with two attached hydrogens (primary N) is 1. The van der Waals surface area contributed by atoms with Gasteiger partial charge in [-0.25, -0.2) is 4.39 Å². The first-order chi connectivity index (χ1) is 8.56. The first kappa shape index (κ1) is 12.8. The van der Waals surface area contributed by atoms with Gasteiger partial charge in [0.05, 0.1) is 0 Å². The second-order valence-electron chi connectivity index (χ2n) is 4.81. The molecule has 18 heavy (non-hydrogen) atoms. The Balaban J connectivity index is 2.16. The number of halogens is 1. The molecule has 1 nitrogen and oxygen atoms in total. The minimum atomic E-state index is -0.188. The molecular weight excluding hydrogens is 225 g/mol. The molecule has 0 fully saturated rings. The van der Waals surface area contributed by atoms with E-state index in [1.807, 2.05) is 12.1 Å². The van der Waals surface area contributed by atoms with Gasteiger partial charge in [0.2, 0.25) is 0 Å². The van der Waals surface area contributed by atoms with Crippen LogP contribution >= 0.6 is 0 Å². The summed E-state index contributed by atoms with van der Waals surface area (Å²) in [6.45, 7) is 3.81. The summed E-state index contributed by atoms with van der Waals surface area (Å²) in [6.07, 6.45) is 0.726. The Labute approximate surface area is 107 Å². The number of benzene rings is 2. The molecule has 2 rings (SSSR count). The van der Waals surface area contributed by atoms with Crippen molar-refractivity contribution in [3.63, 3.8) is 0 Å². The first-order valence-electron chi connectivity index (χ1n) is 6.13. The summed E-state index contributed by atoms with van der Waals surface area (Å²) in [6, 6.07) is 13.3. The van der Waals surface area contributed by atoms with Gasteiger partial charge in [-0.3, -0.25) is 0 Å². The molecular formula is C16H18FN. The molecule has 1 unspecified atom stereocenters. The Bertz CT molecular complexity index is 549. The van der Waals surface area contributed by atoms with Crippen LogP contribution in [-0.4, -0.2) is 0 Å². The molecule has 0 aromatic heterocycles. The first-order valence-corrected chi connectivity index (χ1v) is 6.13. The largest absolute Gasteiger partial charge is 0.324 e. The zero-order chi connectivity index (χ0) is 13.1. The second kappa shape index (κ2) is 5.32.